The molecule has 2 heteroatoms. The van der Waals surface area contributed by atoms with Gasteiger partial charge >= 0.3 is 0 Å². The second-order valence-corrected chi connectivity index (χ2v) is 5.73. The van der Waals surface area contributed by atoms with Gasteiger partial charge in [0.25, 0.3) is 5.91 Å². The van der Waals surface area contributed by atoms with Gasteiger partial charge in [0.2, 0.25) is 0 Å². The molecule has 21 heavy (non-hydrogen) atoms. The maximum atomic E-state index is 11.8. The first kappa shape index (κ1) is 17.7. The number of hydrogen-bond acceptors (Lipinski definition) is 1. The summed E-state index contributed by atoms with van der Waals surface area (Å²) in [7, 11) is 0. The molecule has 0 saturated carbocycles. The van der Waals surface area contributed by atoms with Crippen molar-refractivity contribution in [3.8, 4) is 0 Å². The minimum atomic E-state index is 0.0277. The SMILES string of the molecule is CCCCCCCCCCCCNC(=O)c1cc[c]cc1. The van der Waals surface area contributed by atoms with E-state index < -0.39 is 0 Å². The van der Waals surface area contributed by atoms with Gasteiger partial charge in [0, 0.05) is 12.1 Å². The highest BCUT2D eigenvalue weighted by Crippen LogP contribution is 2.10. The second kappa shape index (κ2) is 12.4. The smallest absolute Gasteiger partial charge is 0.251 e. The number of carbonyl (C=O) groups is 1. The lowest BCUT2D eigenvalue weighted by atomic mass is 10.1. The average Bonchev–Trinajstić information content (AvgIpc) is 2.53. The van der Waals surface area contributed by atoms with Gasteiger partial charge in [0.1, 0.15) is 0 Å². The van der Waals surface area contributed by atoms with Gasteiger partial charge in [-0.05, 0) is 24.6 Å². The van der Waals surface area contributed by atoms with Crippen LogP contribution in [0, 0.1) is 6.07 Å². The lowest BCUT2D eigenvalue weighted by Gasteiger charge is -2.05. The third kappa shape index (κ3) is 9.28. The van der Waals surface area contributed by atoms with Crippen LogP contribution in [0.2, 0.25) is 0 Å². The fourth-order valence-electron chi connectivity index (χ4n) is 2.45. The van der Waals surface area contributed by atoms with Crippen molar-refractivity contribution in [1.82, 2.24) is 5.32 Å². The molecule has 1 aromatic rings. The van der Waals surface area contributed by atoms with E-state index in [-0.39, 0.29) is 5.91 Å². The third-order valence-electron chi connectivity index (χ3n) is 3.80. The summed E-state index contributed by atoms with van der Waals surface area (Å²) in [6.07, 6.45) is 13.2. The highest BCUT2D eigenvalue weighted by atomic mass is 16.1. The van der Waals surface area contributed by atoms with Crippen LogP contribution in [0.4, 0.5) is 0 Å². The van der Waals surface area contributed by atoms with Gasteiger partial charge in [-0.3, -0.25) is 4.79 Å². The van der Waals surface area contributed by atoms with Gasteiger partial charge in [-0.2, -0.15) is 0 Å². The number of amides is 1. The number of hydrogen-bond donors (Lipinski definition) is 1. The quantitative estimate of drug-likeness (QED) is 0.530. The van der Waals surface area contributed by atoms with Gasteiger partial charge in [-0.15, -0.1) is 0 Å². The Bertz CT molecular complexity index is 361. The Hall–Kier alpha value is -1.31. The molecule has 0 aliphatic rings. The number of carbonyl (C=O) groups excluding carboxylic acids is 1. The summed E-state index contributed by atoms with van der Waals surface area (Å²) in [5.41, 5.74) is 0.723. The minimum Gasteiger partial charge on any atom is -0.352 e. The lowest BCUT2D eigenvalue weighted by Crippen LogP contribution is -2.24. The zero-order valence-electron chi connectivity index (χ0n) is 13.5. The summed E-state index contributed by atoms with van der Waals surface area (Å²) in [4.78, 5) is 11.8. The van der Waals surface area contributed by atoms with Crippen molar-refractivity contribution < 1.29 is 4.79 Å². The van der Waals surface area contributed by atoms with Crippen LogP contribution in [0.5, 0.6) is 0 Å². The van der Waals surface area contributed by atoms with Gasteiger partial charge < -0.3 is 5.32 Å². The first-order chi connectivity index (χ1) is 10.3. The number of unbranched alkanes of at least 4 members (excludes halogenated alkanes) is 9. The fraction of sp³-hybridized carbons (Fsp3) is 0.632. The third-order valence-corrected chi connectivity index (χ3v) is 3.80. The van der Waals surface area contributed by atoms with E-state index >= 15 is 0 Å². The summed E-state index contributed by atoms with van der Waals surface area (Å²) in [6, 6.07) is 10.1. The van der Waals surface area contributed by atoms with E-state index in [1.165, 1.54) is 57.8 Å². The molecule has 0 spiro atoms. The molecule has 117 valence electrons. The van der Waals surface area contributed by atoms with Crippen molar-refractivity contribution in [3.05, 3.63) is 35.9 Å². The summed E-state index contributed by atoms with van der Waals surface area (Å²) >= 11 is 0. The van der Waals surface area contributed by atoms with Crippen LogP contribution in [0.25, 0.3) is 0 Å². The molecule has 0 aliphatic carbocycles. The van der Waals surface area contributed by atoms with E-state index in [0.717, 1.165) is 18.5 Å². The molecule has 0 saturated heterocycles. The molecule has 0 atom stereocenters. The molecule has 1 amide bonds. The molecule has 1 N–H and O–H groups in total. The zero-order valence-corrected chi connectivity index (χ0v) is 13.5. The first-order valence-electron chi connectivity index (χ1n) is 8.59. The topological polar surface area (TPSA) is 29.1 Å². The van der Waals surface area contributed by atoms with Crippen LogP contribution in [0.1, 0.15) is 81.5 Å². The van der Waals surface area contributed by atoms with Crippen molar-refractivity contribution in [2.75, 3.05) is 6.54 Å². The maximum absolute atomic E-state index is 11.8. The van der Waals surface area contributed by atoms with Crippen LogP contribution in [0.15, 0.2) is 24.3 Å². The molecule has 0 bridgehead atoms. The van der Waals surface area contributed by atoms with Crippen LogP contribution in [-0.4, -0.2) is 12.5 Å². The summed E-state index contributed by atoms with van der Waals surface area (Å²) < 4.78 is 0. The molecule has 1 radical (unpaired) electrons. The van der Waals surface area contributed by atoms with Crippen LogP contribution < -0.4 is 5.32 Å². The molecule has 0 fully saturated rings. The van der Waals surface area contributed by atoms with E-state index in [0.29, 0.717) is 0 Å². The molecule has 0 aliphatic heterocycles. The monoisotopic (exact) mass is 288 g/mol. The average molecular weight is 288 g/mol. The van der Waals surface area contributed by atoms with E-state index in [1.54, 1.807) is 24.3 Å². The van der Waals surface area contributed by atoms with Crippen molar-refractivity contribution in [2.45, 2.75) is 71.1 Å². The molecular weight excluding hydrogens is 258 g/mol. The fourth-order valence-corrected chi connectivity index (χ4v) is 2.45. The van der Waals surface area contributed by atoms with Gasteiger partial charge in [-0.1, -0.05) is 76.8 Å². The zero-order chi connectivity index (χ0) is 15.2. The summed E-state index contributed by atoms with van der Waals surface area (Å²) in [6.45, 7) is 3.04. The Balaban J connectivity index is 1.88. The molecule has 0 aromatic heterocycles. The van der Waals surface area contributed by atoms with Crippen LogP contribution >= 0.6 is 0 Å². The highest BCUT2D eigenvalue weighted by Gasteiger charge is 2.02. The van der Waals surface area contributed by atoms with Crippen molar-refractivity contribution in [2.24, 2.45) is 0 Å². The standard InChI is InChI=1S/C19H30NO/c1-2-3-4-5-6-7-8-9-10-14-17-20-19(21)18-15-12-11-13-16-18/h12-13,15-16H,2-10,14,17H2,1H3,(H,20,21). The Labute approximate surface area is 130 Å². The van der Waals surface area contributed by atoms with Crippen LogP contribution in [-0.2, 0) is 0 Å². The normalized spacial score (nSPS) is 10.5. The van der Waals surface area contributed by atoms with Gasteiger partial charge in [0.15, 0.2) is 0 Å². The van der Waals surface area contributed by atoms with E-state index in [9.17, 15) is 4.79 Å². The highest BCUT2D eigenvalue weighted by molar-refractivity contribution is 5.94. The summed E-state index contributed by atoms with van der Waals surface area (Å²) in [5, 5.41) is 2.97. The van der Waals surface area contributed by atoms with E-state index in [2.05, 4.69) is 18.3 Å². The number of rotatable bonds is 12. The molecule has 1 rings (SSSR count). The van der Waals surface area contributed by atoms with Gasteiger partial charge in [-0.25, -0.2) is 0 Å². The lowest BCUT2D eigenvalue weighted by molar-refractivity contribution is 0.0953. The molecule has 0 unspecified atom stereocenters. The minimum absolute atomic E-state index is 0.0277. The van der Waals surface area contributed by atoms with Crippen LogP contribution in [0.3, 0.4) is 0 Å². The molecule has 1 aromatic carbocycles. The molecule has 2 nitrogen and oxygen atoms in total. The predicted molar refractivity (Wildman–Crippen MR) is 89.5 cm³/mol. The van der Waals surface area contributed by atoms with Crippen molar-refractivity contribution in [3.63, 3.8) is 0 Å². The molecule has 0 heterocycles. The maximum Gasteiger partial charge on any atom is 0.251 e. The molecular formula is C19H30NO. The largest absolute Gasteiger partial charge is 0.352 e. The Morgan fingerprint density at radius 2 is 1.43 bits per heavy atom. The Kier molecular flexibility index (Phi) is 10.5. The van der Waals surface area contributed by atoms with Crippen molar-refractivity contribution >= 4 is 5.91 Å². The number of benzene rings is 1. The predicted octanol–water partition coefficient (Wildman–Crippen LogP) is 5.14. The first-order valence-corrected chi connectivity index (χ1v) is 8.59. The Morgan fingerprint density at radius 3 is 2.00 bits per heavy atom. The summed E-state index contributed by atoms with van der Waals surface area (Å²) in [5.74, 6) is 0.0277. The van der Waals surface area contributed by atoms with E-state index in [1.807, 2.05) is 0 Å². The second-order valence-electron chi connectivity index (χ2n) is 5.73. The van der Waals surface area contributed by atoms with E-state index in [4.69, 9.17) is 0 Å². The van der Waals surface area contributed by atoms with Crippen molar-refractivity contribution in [1.29, 1.82) is 0 Å². The number of nitrogens with one attached hydrogen (secondary N) is 1. The van der Waals surface area contributed by atoms with Gasteiger partial charge in [0.05, 0.1) is 0 Å². The Morgan fingerprint density at radius 1 is 0.905 bits per heavy atom.